The van der Waals surface area contributed by atoms with E-state index in [2.05, 4.69) is 15.3 Å². The number of rotatable bonds is 4. The first-order chi connectivity index (χ1) is 10.7. The normalized spacial score (nSPS) is 10.4. The molecule has 3 aromatic rings. The van der Waals surface area contributed by atoms with E-state index in [-0.39, 0.29) is 5.91 Å². The second-order valence-corrected chi connectivity index (χ2v) is 5.77. The summed E-state index contributed by atoms with van der Waals surface area (Å²) < 4.78 is 0. The van der Waals surface area contributed by atoms with E-state index in [9.17, 15) is 4.79 Å². The van der Waals surface area contributed by atoms with Gasteiger partial charge >= 0.3 is 0 Å². The number of amides is 1. The standard InChI is InChI=1S/C17H15N3OS/c1-12-5-4-6-13(9-12)16(21)19-10-14-11-22-17(20-14)15-7-2-3-8-18-15/h2-9,11H,10H2,1H3,(H,19,21). The molecule has 0 spiro atoms. The van der Waals surface area contributed by atoms with E-state index in [1.807, 2.05) is 54.8 Å². The molecule has 1 amide bonds. The molecule has 0 aliphatic rings. The van der Waals surface area contributed by atoms with Gasteiger partial charge < -0.3 is 5.32 Å². The van der Waals surface area contributed by atoms with E-state index in [1.165, 1.54) is 11.3 Å². The lowest BCUT2D eigenvalue weighted by Crippen LogP contribution is -2.22. The predicted molar refractivity (Wildman–Crippen MR) is 87.7 cm³/mol. The quantitative estimate of drug-likeness (QED) is 0.803. The summed E-state index contributed by atoms with van der Waals surface area (Å²) in [6.07, 6.45) is 1.75. The van der Waals surface area contributed by atoms with Gasteiger partial charge in [0.15, 0.2) is 0 Å². The van der Waals surface area contributed by atoms with Crippen molar-refractivity contribution in [3.8, 4) is 10.7 Å². The molecular formula is C17H15N3OS. The molecule has 0 saturated heterocycles. The molecule has 0 atom stereocenters. The maximum atomic E-state index is 12.1. The second kappa shape index (κ2) is 6.49. The van der Waals surface area contributed by atoms with Crippen molar-refractivity contribution in [2.75, 3.05) is 0 Å². The number of hydrogen-bond donors (Lipinski definition) is 1. The number of thiazole rings is 1. The minimum absolute atomic E-state index is 0.0870. The fourth-order valence-corrected chi connectivity index (χ4v) is 2.85. The molecule has 0 radical (unpaired) electrons. The Morgan fingerprint density at radius 3 is 2.91 bits per heavy atom. The van der Waals surface area contributed by atoms with E-state index in [0.29, 0.717) is 12.1 Å². The Kier molecular flexibility index (Phi) is 4.25. The van der Waals surface area contributed by atoms with Crippen molar-refractivity contribution in [2.24, 2.45) is 0 Å². The van der Waals surface area contributed by atoms with Gasteiger partial charge in [-0.25, -0.2) is 4.98 Å². The zero-order valence-corrected chi connectivity index (χ0v) is 12.9. The van der Waals surface area contributed by atoms with Crippen molar-refractivity contribution in [1.29, 1.82) is 0 Å². The Morgan fingerprint density at radius 1 is 1.23 bits per heavy atom. The van der Waals surface area contributed by atoms with Gasteiger partial charge in [0.05, 0.1) is 17.9 Å². The summed E-state index contributed by atoms with van der Waals surface area (Å²) in [5.41, 5.74) is 3.43. The average Bonchev–Trinajstić information content (AvgIpc) is 3.02. The summed E-state index contributed by atoms with van der Waals surface area (Å²) in [6, 6.07) is 13.3. The third kappa shape index (κ3) is 3.38. The van der Waals surface area contributed by atoms with Crippen LogP contribution < -0.4 is 5.32 Å². The fraction of sp³-hybridized carbons (Fsp3) is 0.118. The van der Waals surface area contributed by atoms with Crippen LogP contribution in [0.3, 0.4) is 0 Å². The number of carbonyl (C=O) groups excluding carboxylic acids is 1. The van der Waals surface area contributed by atoms with Gasteiger partial charge in [-0.1, -0.05) is 23.8 Å². The molecule has 5 heteroatoms. The van der Waals surface area contributed by atoms with E-state index < -0.39 is 0 Å². The van der Waals surface area contributed by atoms with Crippen molar-refractivity contribution in [3.63, 3.8) is 0 Å². The van der Waals surface area contributed by atoms with Crippen LogP contribution in [0.4, 0.5) is 0 Å². The smallest absolute Gasteiger partial charge is 0.251 e. The number of aryl methyl sites for hydroxylation is 1. The third-order valence-electron chi connectivity index (χ3n) is 3.15. The molecule has 2 heterocycles. The molecule has 1 N–H and O–H groups in total. The highest BCUT2D eigenvalue weighted by Crippen LogP contribution is 2.21. The number of nitrogens with zero attached hydrogens (tertiary/aromatic N) is 2. The molecule has 3 rings (SSSR count). The Bertz CT molecular complexity index is 783. The fourth-order valence-electron chi connectivity index (χ4n) is 2.05. The molecule has 0 saturated carbocycles. The van der Waals surface area contributed by atoms with E-state index >= 15 is 0 Å². The topological polar surface area (TPSA) is 54.9 Å². The highest BCUT2D eigenvalue weighted by molar-refractivity contribution is 7.13. The van der Waals surface area contributed by atoms with Gasteiger partial charge in [-0.2, -0.15) is 0 Å². The van der Waals surface area contributed by atoms with Crippen LogP contribution in [0.2, 0.25) is 0 Å². The largest absolute Gasteiger partial charge is 0.346 e. The molecule has 2 aromatic heterocycles. The third-order valence-corrected chi connectivity index (χ3v) is 4.06. The summed E-state index contributed by atoms with van der Waals surface area (Å²) in [5.74, 6) is -0.0870. The Morgan fingerprint density at radius 2 is 2.14 bits per heavy atom. The summed E-state index contributed by atoms with van der Waals surface area (Å²) in [5, 5.41) is 5.70. The predicted octanol–water partition coefficient (Wildman–Crippen LogP) is 3.44. The summed E-state index contributed by atoms with van der Waals surface area (Å²) in [4.78, 5) is 20.9. The minimum Gasteiger partial charge on any atom is -0.346 e. The van der Waals surface area contributed by atoms with Gasteiger partial charge in [0.25, 0.3) is 5.91 Å². The molecule has 1 aromatic carbocycles. The molecule has 110 valence electrons. The van der Waals surface area contributed by atoms with Gasteiger partial charge in [-0.15, -0.1) is 11.3 Å². The Labute approximate surface area is 132 Å². The van der Waals surface area contributed by atoms with Gasteiger partial charge in [0.1, 0.15) is 5.01 Å². The lowest BCUT2D eigenvalue weighted by atomic mass is 10.1. The minimum atomic E-state index is -0.0870. The Balaban J connectivity index is 1.65. The summed E-state index contributed by atoms with van der Waals surface area (Å²) >= 11 is 1.53. The average molecular weight is 309 g/mol. The first-order valence-electron chi connectivity index (χ1n) is 6.93. The SMILES string of the molecule is Cc1cccc(C(=O)NCc2csc(-c3ccccn3)n2)c1. The monoisotopic (exact) mass is 309 g/mol. The van der Waals surface area contributed by atoms with Gasteiger partial charge in [0.2, 0.25) is 0 Å². The van der Waals surface area contributed by atoms with Crippen LogP contribution in [0.25, 0.3) is 10.7 Å². The van der Waals surface area contributed by atoms with Crippen molar-refractivity contribution in [2.45, 2.75) is 13.5 Å². The maximum absolute atomic E-state index is 12.1. The molecular weight excluding hydrogens is 294 g/mol. The zero-order chi connectivity index (χ0) is 15.4. The van der Waals surface area contributed by atoms with Crippen LogP contribution in [-0.4, -0.2) is 15.9 Å². The van der Waals surface area contributed by atoms with E-state index in [4.69, 9.17) is 0 Å². The molecule has 4 nitrogen and oxygen atoms in total. The summed E-state index contributed by atoms with van der Waals surface area (Å²) in [7, 11) is 0. The number of hydrogen-bond acceptors (Lipinski definition) is 4. The first-order valence-corrected chi connectivity index (χ1v) is 7.81. The number of pyridine rings is 1. The lowest BCUT2D eigenvalue weighted by Gasteiger charge is -2.04. The molecule has 0 aliphatic carbocycles. The Hall–Kier alpha value is -2.53. The molecule has 22 heavy (non-hydrogen) atoms. The van der Waals surface area contributed by atoms with Crippen molar-refractivity contribution in [3.05, 3.63) is 70.9 Å². The highest BCUT2D eigenvalue weighted by Gasteiger charge is 2.08. The molecule has 0 fully saturated rings. The van der Waals surface area contributed by atoms with Crippen molar-refractivity contribution in [1.82, 2.24) is 15.3 Å². The van der Waals surface area contributed by atoms with Crippen LogP contribution in [0.15, 0.2) is 54.0 Å². The first kappa shape index (κ1) is 14.4. The highest BCUT2D eigenvalue weighted by atomic mass is 32.1. The van der Waals surface area contributed by atoms with E-state index in [0.717, 1.165) is 22.0 Å². The number of nitrogens with one attached hydrogen (secondary N) is 1. The molecule has 0 bridgehead atoms. The van der Waals surface area contributed by atoms with Crippen molar-refractivity contribution < 1.29 is 4.79 Å². The molecule has 0 aliphatic heterocycles. The van der Waals surface area contributed by atoms with Crippen LogP contribution in [0.1, 0.15) is 21.6 Å². The maximum Gasteiger partial charge on any atom is 0.251 e. The number of benzene rings is 1. The van der Waals surface area contributed by atoms with E-state index in [1.54, 1.807) is 6.20 Å². The molecule has 0 unspecified atom stereocenters. The van der Waals surface area contributed by atoms with Crippen LogP contribution in [0.5, 0.6) is 0 Å². The van der Waals surface area contributed by atoms with Crippen LogP contribution in [-0.2, 0) is 6.54 Å². The zero-order valence-electron chi connectivity index (χ0n) is 12.1. The number of carbonyl (C=O) groups is 1. The van der Waals surface area contributed by atoms with Gasteiger partial charge in [-0.3, -0.25) is 9.78 Å². The summed E-state index contributed by atoms with van der Waals surface area (Å²) in [6.45, 7) is 2.38. The van der Waals surface area contributed by atoms with Gasteiger partial charge in [0, 0.05) is 17.1 Å². The van der Waals surface area contributed by atoms with Crippen molar-refractivity contribution >= 4 is 17.2 Å². The second-order valence-electron chi connectivity index (χ2n) is 4.91. The lowest BCUT2D eigenvalue weighted by molar-refractivity contribution is 0.0950. The number of aromatic nitrogens is 2. The van der Waals surface area contributed by atoms with Crippen LogP contribution >= 0.6 is 11.3 Å². The van der Waals surface area contributed by atoms with Crippen LogP contribution in [0, 0.1) is 6.92 Å². The van der Waals surface area contributed by atoms with Gasteiger partial charge in [-0.05, 0) is 31.2 Å².